The second-order valence-corrected chi connectivity index (χ2v) is 19.2. The van der Waals surface area contributed by atoms with Gasteiger partial charge in [0.15, 0.2) is 17.6 Å². The van der Waals surface area contributed by atoms with Crippen LogP contribution in [0.15, 0.2) is 60.7 Å². The Kier molecular flexibility index (Phi) is 24.4. The van der Waals surface area contributed by atoms with Crippen molar-refractivity contribution in [2.24, 2.45) is 11.7 Å². The van der Waals surface area contributed by atoms with Crippen molar-refractivity contribution < 1.29 is 73.4 Å². The van der Waals surface area contributed by atoms with Gasteiger partial charge in [-0.1, -0.05) is 109 Å². The SMILES string of the molecule is CCCCCCCCCCCC(=O)N[C@H]1[C@H](Oc2cc3cc(c2OC)Oc2ccc(cc2[N+](=O)[O-])C[C@H](NC(=O)[C@H](N)CC(C)C)C(=O)N[C@H](Cc2ccccc2)C(=O)N[C@H]3[C@@H](O)C(=O)O)O[C@H](CO)[C@@H](O)[C@@H]1O.Cl. The van der Waals surface area contributed by atoms with E-state index in [2.05, 4.69) is 28.2 Å². The number of nitrogens with one attached hydrogen (secondary N) is 4. The number of aliphatic hydroxyl groups excluding tert-OH is 4. The molecule has 75 heavy (non-hydrogen) atoms. The van der Waals surface area contributed by atoms with Crippen LogP contribution < -0.4 is 41.2 Å². The van der Waals surface area contributed by atoms with E-state index in [0.717, 1.165) is 56.7 Å². The number of nitro groups is 1. The number of benzene rings is 3. The second kappa shape index (κ2) is 29.8. The van der Waals surface area contributed by atoms with E-state index in [4.69, 9.17) is 24.7 Å². The number of carboxylic acids is 1. The molecule has 1 fully saturated rings. The Hall–Kier alpha value is -6.14. The van der Waals surface area contributed by atoms with Crippen LogP contribution in [0, 0.1) is 16.0 Å². The molecule has 0 aliphatic carbocycles. The van der Waals surface area contributed by atoms with Gasteiger partial charge in [-0.25, -0.2) is 4.79 Å². The number of carbonyl (C=O) groups is 5. The number of unbranched alkanes of at least 4 members (excludes halogenated alkanes) is 8. The minimum atomic E-state index is -2.45. The molecule has 22 nitrogen and oxygen atoms in total. The van der Waals surface area contributed by atoms with Crippen molar-refractivity contribution in [3.63, 3.8) is 0 Å². The Morgan fingerprint density at radius 2 is 1.57 bits per heavy atom. The number of aliphatic carboxylic acids is 1. The topological polar surface area (TPSA) is 341 Å². The second-order valence-electron chi connectivity index (χ2n) is 19.2. The number of rotatable bonds is 24. The van der Waals surface area contributed by atoms with Gasteiger partial charge in [-0.05, 0) is 53.6 Å². The van der Waals surface area contributed by atoms with E-state index < -0.39 is 125 Å². The summed E-state index contributed by atoms with van der Waals surface area (Å²) in [5.74, 6) is -6.54. The van der Waals surface area contributed by atoms with Crippen LogP contribution in [0.5, 0.6) is 23.0 Å². The molecule has 23 heteroatoms. The summed E-state index contributed by atoms with van der Waals surface area (Å²) in [6.07, 6.45) is -0.450. The zero-order valence-corrected chi connectivity index (χ0v) is 43.5. The number of carbonyl (C=O) groups excluding carboxylic acids is 4. The number of hydrogen-bond acceptors (Lipinski definition) is 16. The predicted octanol–water partition coefficient (Wildman–Crippen LogP) is 3.79. The van der Waals surface area contributed by atoms with E-state index in [1.807, 2.05) is 13.8 Å². The molecule has 3 aromatic rings. The summed E-state index contributed by atoms with van der Waals surface area (Å²) in [6, 6.07) is 6.91. The number of methoxy groups -OCH3 is 1. The minimum Gasteiger partial charge on any atom is -0.490 e. The lowest BCUT2D eigenvalue weighted by molar-refractivity contribution is -0.385. The highest BCUT2D eigenvalue weighted by Gasteiger charge is 2.47. The number of hydrogen-bond donors (Lipinski definition) is 10. The van der Waals surface area contributed by atoms with Gasteiger partial charge < -0.3 is 71.5 Å². The lowest BCUT2D eigenvalue weighted by atomic mass is 9.96. The van der Waals surface area contributed by atoms with Crippen LogP contribution in [-0.4, -0.2) is 129 Å². The van der Waals surface area contributed by atoms with Crippen molar-refractivity contribution in [1.82, 2.24) is 21.3 Å². The molecule has 3 aliphatic heterocycles. The molecule has 0 unspecified atom stereocenters. The Morgan fingerprint density at radius 3 is 2.19 bits per heavy atom. The predicted molar refractivity (Wildman–Crippen MR) is 275 cm³/mol. The maximum Gasteiger partial charge on any atom is 0.335 e. The number of ether oxygens (including phenoxy) is 4. The van der Waals surface area contributed by atoms with Gasteiger partial charge in [0.2, 0.25) is 41.4 Å². The van der Waals surface area contributed by atoms with Crippen LogP contribution in [0.4, 0.5) is 5.69 Å². The highest BCUT2D eigenvalue weighted by atomic mass is 35.5. The monoisotopic (exact) mass is 1070 g/mol. The third-order valence-corrected chi connectivity index (χ3v) is 12.9. The number of carboxylic acid groups (broad SMARTS) is 1. The van der Waals surface area contributed by atoms with E-state index in [-0.39, 0.29) is 60.9 Å². The number of halogens is 1. The summed E-state index contributed by atoms with van der Waals surface area (Å²) in [5, 5.41) is 77.5. The largest absolute Gasteiger partial charge is 0.490 e. The Labute approximate surface area is 442 Å². The summed E-state index contributed by atoms with van der Waals surface area (Å²) in [4.78, 5) is 80.6. The lowest BCUT2D eigenvalue weighted by Gasteiger charge is -2.42. The van der Waals surface area contributed by atoms with Gasteiger partial charge in [0, 0.05) is 25.3 Å². The molecular weight excluding hydrogens is 1000 g/mol. The van der Waals surface area contributed by atoms with Crippen molar-refractivity contribution in [1.29, 1.82) is 0 Å². The molecule has 0 radical (unpaired) electrons. The highest BCUT2D eigenvalue weighted by molar-refractivity contribution is 5.94. The molecule has 3 aliphatic rings. The third kappa shape index (κ3) is 17.5. The molecule has 4 amide bonds. The molecule has 4 bridgehead atoms. The fourth-order valence-electron chi connectivity index (χ4n) is 8.91. The van der Waals surface area contributed by atoms with Gasteiger partial charge in [-0.3, -0.25) is 29.3 Å². The first kappa shape index (κ1) is 61.4. The molecule has 0 spiro atoms. The Bertz CT molecular complexity index is 2380. The van der Waals surface area contributed by atoms with Crippen molar-refractivity contribution in [2.45, 2.75) is 165 Å². The van der Waals surface area contributed by atoms with Crippen molar-refractivity contribution in [3.05, 3.63) is 87.5 Å². The Balaban J connectivity index is 0.0000122. The van der Waals surface area contributed by atoms with E-state index >= 15 is 0 Å². The van der Waals surface area contributed by atoms with Gasteiger partial charge in [0.05, 0.1) is 30.7 Å². The van der Waals surface area contributed by atoms with Gasteiger partial charge >= 0.3 is 11.7 Å². The van der Waals surface area contributed by atoms with Crippen LogP contribution in [0.1, 0.15) is 114 Å². The van der Waals surface area contributed by atoms with E-state index in [9.17, 15) is 59.6 Å². The fourth-order valence-corrected chi connectivity index (χ4v) is 8.91. The zero-order valence-electron chi connectivity index (χ0n) is 42.7. The molecule has 1 saturated heterocycles. The molecule has 3 heterocycles. The van der Waals surface area contributed by atoms with Gasteiger partial charge in [-0.15, -0.1) is 12.4 Å². The molecule has 0 saturated carbocycles. The summed E-state index contributed by atoms with van der Waals surface area (Å²) in [7, 11) is 1.17. The summed E-state index contributed by atoms with van der Waals surface area (Å²) in [5.41, 5.74) is 5.98. The fraction of sp³-hybridized carbons (Fsp3) is 0.558. The third-order valence-electron chi connectivity index (χ3n) is 12.9. The normalized spacial score (nSPS) is 22.6. The molecule has 414 valence electrons. The van der Waals surface area contributed by atoms with E-state index in [0.29, 0.717) is 12.0 Å². The smallest absolute Gasteiger partial charge is 0.335 e. The average molecular weight is 1070 g/mol. The van der Waals surface area contributed by atoms with Gasteiger partial charge in [0.1, 0.15) is 36.4 Å². The molecule has 6 rings (SSSR count). The summed E-state index contributed by atoms with van der Waals surface area (Å²) < 4.78 is 24.2. The minimum absolute atomic E-state index is 0. The van der Waals surface area contributed by atoms with Crippen molar-refractivity contribution in [3.8, 4) is 23.0 Å². The lowest BCUT2D eigenvalue weighted by Crippen LogP contribution is -2.65. The van der Waals surface area contributed by atoms with E-state index in [1.54, 1.807) is 30.3 Å². The molecular formula is C52H73ClN6O16. The first-order valence-electron chi connectivity index (χ1n) is 25.2. The number of nitro benzene ring substituents is 1. The number of nitrogens with two attached hydrogens (primary N) is 1. The molecule has 11 N–H and O–H groups in total. The number of amides is 4. The highest BCUT2D eigenvalue weighted by Crippen LogP contribution is 2.45. The van der Waals surface area contributed by atoms with Crippen LogP contribution >= 0.6 is 12.4 Å². The molecule has 3 aromatic carbocycles. The standard InChI is InChI=1S/C52H72N6O16.ClH/c1-5-6-7-8-9-10-11-12-16-19-41(60)56-43-45(62)44(61)40(28-59)74-52(43)73-39-27-32-26-38(47(39)71-4)72-37-21-20-31(25-36(37)58(69)70)24-35(54-48(64)33(53)22-29(2)3)49(65)55-34(23-30-17-14-13-15-18-30)50(66)57-42(32)46(63)51(67)68;/h13-15,17-18,20-21,25-27,29,33-35,40,42-46,52,59,61-63H,5-12,16,19,22-24,28,53H2,1-4H3,(H,54,64)(H,55,65)(H,56,60)(H,57,66)(H,67,68);1H/t33-,34-,35+,40-,42-,43-,44-,45-,46-,52-;/m1./s1. The molecule has 0 aromatic heterocycles. The maximum atomic E-state index is 14.6. The maximum absolute atomic E-state index is 14.6. The Morgan fingerprint density at radius 1 is 0.907 bits per heavy atom. The first-order valence-corrected chi connectivity index (χ1v) is 25.2. The van der Waals surface area contributed by atoms with Crippen LogP contribution in [0.25, 0.3) is 0 Å². The quantitative estimate of drug-likeness (QED) is 0.0347. The number of nitrogens with zero attached hydrogens (tertiary/aromatic N) is 1. The average Bonchev–Trinajstić information content (AvgIpc) is 3.36. The number of fused-ring (bicyclic) bond motifs is 9. The van der Waals surface area contributed by atoms with Crippen molar-refractivity contribution in [2.75, 3.05) is 13.7 Å². The van der Waals surface area contributed by atoms with Crippen LogP contribution in [0.2, 0.25) is 0 Å². The van der Waals surface area contributed by atoms with Crippen molar-refractivity contribution >= 4 is 47.7 Å². The summed E-state index contributed by atoms with van der Waals surface area (Å²) in [6.45, 7) is 5.03. The van der Waals surface area contributed by atoms with Gasteiger partial charge in [0.25, 0.3) is 0 Å². The van der Waals surface area contributed by atoms with Gasteiger partial charge in [-0.2, -0.15) is 0 Å². The zero-order chi connectivity index (χ0) is 54.1. The molecule has 10 atom stereocenters. The van der Waals surface area contributed by atoms with E-state index in [1.165, 1.54) is 32.1 Å². The first-order chi connectivity index (χ1) is 35.3. The van der Waals surface area contributed by atoms with Crippen LogP contribution in [0.3, 0.4) is 0 Å². The van der Waals surface area contributed by atoms with Crippen LogP contribution in [-0.2, 0) is 41.6 Å². The number of aliphatic hydroxyl groups is 4. The summed E-state index contributed by atoms with van der Waals surface area (Å²) >= 11 is 0.